The molecule has 0 unspecified atom stereocenters. The van der Waals surface area contributed by atoms with Crippen molar-refractivity contribution in [1.82, 2.24) is 5.32 Å². The summed E-state index contributed by atoms with van der Waals surface area (Å²) in [6.07, 6.45) is 4.72. The third-order valence-corrected chi connectivity index (χ3v) is 4.94. The van der Waals surface area contributed by atoms with Crippen molar-refractivity contribution >= 4 is 27.5 Å². The maximum Gasteiger partial charge on any atom is 0.253 e. The molecule has 1 saturated carbocycles. The number of amides is 1. The average Bonchev–Trinajstić information content (AvgIpc) is 2.48. The van der Waals surface area contributed by atoms with E-state index < -0.39 is 5.60 Å². The zero-order valence-corrected chi connectivity index (χ0v) is 13.9. The minimum Gasteiger partial charge on any atom is -0.398 e. The molecule has 0 bridgehead atoms. The van der Waals surface area contributed by atoms with E-state index in [4.69, 9.17) is 5.73 Å². The lowest BCUT2D eigenvalue weighted by Crippen LogP contribution is -2.45. The van der Waals surface area contributed by atoms with Gasteiger partial charge in [-0.2, -0.15) is 0 Å². The second kappa shape index (κ2) is 6.79. The van der Waals surface area contributed by atoms with Gasteiger partial charge in [-0.3, -0.25) is 4.79 Å². The van der Waals surface area contributed by atoms with Crippen LogP contribution in [-0.2, 0) is 0 Å². The molecule has 2 rings (SSSR count). The van der Waals surface area contributed by atoms with Gasteiger partial charge in [0, 0.05) is 16.7 Å². The predicted octanol–water partition coefficient (Wildman–Crippen LogP) is 3.09. The van der Waals surface area contributed by atoms with Crippen molar-refractivity contribution in [2.45, 2.75) is 44.6 Å². The Hall–Kier alpha value is -1.07. The van der Waals surface area contributed by atoms with E-state index in [2.05, 4.69) is 28.2 Å². The number of hydrogen-bond acceptors (Lipinski definition) is 3. The molecular weight excluding hydrogens is 332 g/mol. The third kappa shape index (κ3) is 4.20. The first-order valence-electron chi connectivity index (χ1n) is 7.49. The van der Waals surface area contributed by atoms with Crippen molar-refractivity contribution in [3.63, 3.8) is 0 Å². The van der Waals surface area contributed by atoms with Gasteiger partial charge in [0.05, 0.1) is 11.2 Å². The van der Waals surface area contributed by atoms with Crippen molar-refractivity contribution in [2.75, 3.05) is 12.3 Å². The highest BCUT2D eigenvalue weighted by Gasteiger charge is 2.33. The lowest BCUT2D eigenvalue weighted by atomic mass is 9.78. The van der Waals surface area contributed by atoms with Crippen LogP contribution in [0.4, 0.5) is 5.69 Å². The summed E-state index contributed by atoms with van der Waals surface area (Å²) < 4.78 is 0.809. The molecule has 1 aromatic carbocycles. The monoisotopic (exact) mass is 354 g/mol. The number of halogens is 1. The second-order valence-electron chi connectivity index (χ2n) is 5.99. The lowest BCUT2D eigenvalue weighted by molar-refractivity contribution is -0.00786. The Morgan fingerprint density at radius 2 is 2.14 bits per heavy atom. The molecule has 116 valence electrons. The van der Waals surface area contributed by atoms with Crippen LogP contribution in [0.25, 0.3) is 0 Å². The fourth-order valence-corrected chi connectivity index (χ4v) is 3.23. The smallest absolute Gasteiger partial charge is 0.253 e. The minimum atomic E-state index is -0.776. The van der Waals surface area contributed by atoms with Gasteiger partial charge < -0.3 is 16.2 Å². The quantitative estimate of drug-likeness (QED) is 0.727. The highest BCUT2D eigenvalue weighted by atomic mass is 79.9. The molecule has 4 nitrogen and oxygen atoms in total. The van der Waals surface area contributed by atoms with Gasteiger partial charge in [-0.05, 0) is 49.8 Å². The molecule has 0 aliphatic heterocycles. The van der Waals surface area contributed by atoms with Crippen LogP contribution in [0.15, 0.2) is 22.7 Å². The first-order valence-corrected chi connectivity index (χ1v) is 8.28. The SMILES string of the molecule is CCC1CCC(O)(CNC(=O)c2cc(Br)ccc2N)CC1. The molecule has 1 aromatic rings. The fraction of sp³-hybridized carbons (Fsp3) is 0.562. The van der Waals surface area contributed by atoms with Gasteiger partial charge in [-0.15, -0.1) is 0 Å². The largest absolute Gasteiger partial charge is 0.398 e. The van der Waals surface area contributed by atoms with Crippen LogP contribution < -0.4 is 11.1 Å². The Kier molecular flexibility index (Phi) is 5.27. The number of rotatable bonds is 4. The van der Waals surface area contributed by atoms with Crippen LogP contribution in [0.1, 0.15) is 49.4 Å². The van der Waals surface area contributed by atoms with E-state index >= 15 is 0 Å². The first-order chi connectivity index (χ1) is 9.93. The van der Waals surface area contributed by atoms with E-state index in [0.29, 0.717) is 17.2 Å². The maximum absolute atomic E-state index is 12.2. The number of carbonyl (C=O) groups is 1. The molecule has 5 heteroatoms. The second-order valence-corrected chi connectivity index (χ2v) is 6.91. The molecule has 21 heavy (non-hydrogen) atoms. The first kappa shape index (κ1) is 16.3. The molecule has 0 radical (unpaired) electrons. The summed E-state index contributed by atoms with van der Waals surface area (Å²) in [7, 11) is 0. The van der Waals surface area contributed by atoms with Crippen molar-refractivity contribution in [1.29, 1.82) is 0 Å². The summed E-state index contributed by atoms with van der Waals surface area (Å²) in [6, 6.07) is 5.19. The fourth-order valence-electron chi connectivity index (χ4n) is 2.87. The van der Waals surface area contributed by atoms with Crippen molar-refractivity contribution < 1.29 is 9.90 Å². The number of aliphatic hydroxyl groups is 1. The summed E-state index contributed by atoms with van der Waals surface area (Å²) in [5.41, 5.74) is 5.93. The Balaban J connectivity index is 1.93. The highest BCUT2D eigenvalue weighted by molar-refractivity contribution is 9.10. The van der Waals surface area contributed by atoms with Crippen LogP contribution in [0, 0.1) is 5.92 Å². The Bertz CT molecular complexity index is 511. The lowest BCUT2D eigenvalue weighted by Gasteiger charge is -2.35. The van der Waals surface area contributed by atoms with Crippen LogP contribution in [0.2, 0.25) is 0 Å². The van der Waals surface area contributed by atoms with Crippen molar-refractivity contribution in [3.8, 4) is 0 Å². The number of nitrogen functional groups attached to an aromatic ring is 1. The van der Waals surface area contributed by atoms with Crippen LogP contribution in [0.5, 0.6) is 0 Å². The molecule has 4 N–H and O–H groups in total. The zero-order valence-electron chi connectivity index (χ0n) is 12.4. The van der Waals surface area contributed by atoms with Crippen LogP contribution in [-0.4, -0.2) is 23.2 Å². The summed E-state index contributed by atoms with van der Waals surface area (Å²) in [5.74, 6) is 0.474. The Morgan fingerprint density at radius 1 is 1.48 bits per heavy atom. The van der Waals surface area contributed by atoms with Gasteiger partial charge in [-0.1, -0.05) is 29.3 Å². The van der Waals surface area contributed by atoms with Crippen molar-refractivity contribution in [2.24, 2.45) is 5.92 Å². The summed E-state index contributed by atoms with van der Waals surface area (Å²) in [5, 5.41) is 13.4. The van der Waals surface area contributed by atoms with Crippen LogP contribution in [0.3, 0.4) is 0 Å². The number of nitrogens with two attached hydrogens (primary N) is 1. The molecule has 1 amide bonds. The highest BCUT2D eigenvalue weighted by Crippen LogP contribution is 2.33. The van der Waals surface area contributed by atoms with Gasteiger partial charge in [0.2, 0.25) is 0 Å². The van der Waals surface area contributed by atoms with E-state index in [-0.39, 0.29) is 12.5 Å². The Labute approximate surface area is 134 Å². The van der Waals surface area contributed by atoms with E-state index in [0.717, 1.165) is 36.6 Å². The number of nitrogens with one attached hydrogen (secondary N) is 1. The minimum absolute atomic E-state index is 0.236. The molecule has 1 aliphatic carbocycles. The predicted molar refractivity (Wildman–Crippen MR) is 88.1 cm³/mol. The Morgan fingerprint density at radius 3 is 2.76 bits per heavy atom. The molecule has 0 atom stereocenters. The van der Waals surface area contributed by atoms with Gasteiger partial charge in [0.25, 0.3) is 5.91 Å². The number of benzene rings is 1. The standard InChI is InChI=1S/C16H23BrN2O2/c1-2-11-5-7-16(21,8-6-11)10-19-15(20)13-9-12(17)3-4-14(13)18/h3-4,9,11,21H,2,5-8,10,18H2,1H3,(H,19,20). The topological polar surface area (TPSA) is 75.3 Å². The van der Waals surface area contributed by atoms with Crippen molar-refractivity contribution in [3.05, 3.63) is 28.2 Å². The molecule has 0 heterocycles. The summed E-state index contributed by atoms with van der Waals surface area (Å²) >= 11 is 3.33. The molecular formula is C16H23BrN2O2. The third-order valence-electron chi connectivity index (χ3n) is 4.45. The van der Waals surface area contributed by atoms with Gasteiger partial charge >= 0.3 is 0 Å². The molecule has 0 spiro atoms. The van der Waals surface area contributed by atoms with E-state index in [1.807, 2.05) is 0 Å². The molecule has 0 aromatic heterocycles. The maximum atomic E-state index is 12.2. The number of hydrogen-bond donors (Lipinski definition) is 3. The summed E-state index contributed by atoms with van der Waals surface area (Å²) in [6.45, 7) is 2.47. The van der Waals surface area contributed by atoms with Gasteiger partial charge in [0.1, 0.15) is 0 Å². The van der Waals surface area contributed by atoms with Gasteiger partial charge in [0.15, 0.2) is 0 Å². The number of anilines is 1. The van der Waals surface area contributed by atoms with Gasteiger partial charge in [-0.25, -0.2) is 0 Å². The normalized spacial score (nSPS) is 25.6. The van der Waals surface area contributed by atoms with E-state index in [1.54, 1.807) is 18.2 Å². The summed E-state index contributed by atoms with van der Waals surface area (Å²) in [4.78, 5) is 12.2. The zero-order chi connectivity index (χ0) is 15.5. The molecule has 0 saturated heterocycles. The average molecular weight is 355 g/mol. The number of carbonyl (C=O) groups excluding carboxylic acids is 1. The molecule has 1 aliphatic rings. The van der Waals surface area contributed by atoms with E-state index in [9.17, 15) is 9.90 Å². The molecule has 1 fully saturated rings. The van der Waals surface area contributed by atoms with E-state index in [1.165, 1.54) is 0 Å². The van der Waals surface area contributed by atoms with Crippen LogP contribution >= 0.6 is 15.9 Å².